The first-order valence-corrected chi connectivity index (χ1v) is 6.78. The van der Waals surface area contributed by atoms with Crippen molar-refractivity contribution < 1.29 is 5.11 Å². The quantitative estimate of drug-likeness (QED) is 0.874. The summed E-state index contributed by atoms with van der Waals surface area (Å²) in [6, 6.07) is 8.19. The second kappa shape index (κ2) is 4.27. The SMILES string of the molecule is OC1CCN(C2(c3ccccc3Cl)CC2)CC1. The van der Waals surface area contributed by atoms with Gasteiger partial charge in [-0.1, -0.05) is 29.8 Å². The highest BCUT2D eigenvalue weighted by atomic mass is 35.5. The number of likely N-dealkylation sites (tertiary alicyclic amines) is 1. The lowest BCUT2D eigenvalue weighted by atomic mass is 9.98. The molecule has 1 heterocycles. The van der Waals surface area contributed by atoms with Gasteiger partial charge in [-0.2, -0.15) is 0 Å². The Balaban J connectivity index is 1.85. The lowest BCUT2D eigenvalue weighted by Gasteiger charge is -2.37. The Bertz CT molecular complexity index is 408. The monoisotopic (exact) mass is 251 g/mol. The Morgan fingerprint density at radius 1 is 1.18 bits per heavy atom. The van der Waals surface area contributed by atoms with E-state index in [0.717, 1.165) is 31.0 Å². The van der Waals surface area contributed by atoms with Crippen LogP contribution in [0.4, 0.5) is 0 Å². The van der Waals surface area contributed by atoms with Crippen molar-refractivity contribution in [3.63, 3.8) is 0 Å². The van der Waals surface area contributed by atoms with Crippen LogP contribution in [0.2, 0.25) is 5.02 Å². The Hall–Kier alpha value is -0.570. The van der Waals surface area contributed by atoms with E-state index in [9.17, 15) is 5.11 Å². The van der Waals surface area contributed by atoms with Crippen LogP contribution in [0.5, 0.6) is 0 Å². The Kier molecular flexibility index (Phi) is 2.89. The predicted octanol–water partition coefficient (Wildman–Crippen LogP) is 2.79. The second-order valence-electron chi connectivity index (χ2n) is 5.23. The lowest BCUT2D eigenvalue weighted by molar-refractivity contribution is 0.0522. The van der Waals surface area contributed by atoms with Crippen LogP contribution in [0, 0.1) is 0 Å². The normalized spacial score (nSPS) is 24.8. The van der Waals surface area contributed by atoms with Crippen LogP contribution >= 0.6 is 11.6 Å². The standard InChI is InChI=1S/C14H18ClNO/c15-13-4-2-1-3-12(13)14(7-8-14)16-9-5-11(17)6-10-16/h1-4,11,17H,5-10H2. The van der Waals surface area contributed by atoms with Crippen LogP contribution in [0.25, 0.3) is 0 Å². The Morgan fingerprint density at radius 3 is 2.41 bits per heavy atom. The van der Waals surface area contributed by atoms with Gasteiger partial charge in [0.1, 0.15) is 0 Å². The molecule has 92 valence electrons. The fraction of sp³-hybridized carbons (Fsp3) is 0.571. The largest absolute Gasteiger partial charge is 0.393 e. The summed E-state index contributed by atoms with van der Waals surface area (Å²) in [5, 5.41) is 10.5. The van der Waals surface area contributed by atoms with E-state index in [-0.39, 0.29) is 11.6 Å². The second-order valence-corrected chi connectivity index (χ2v) is 5.64. The molecule has 0 bridgehead atoms. The molecule has 3 rings (SSSR count). The molecule has 2 aliphatic rings. The molecule has 0 atom stereocenters. The zero-order chi connectivity index (χ0) is 11.9. The van der Waals surface area contributed by atoms with Crippen LogP contribution in [0.3, 0.4) is 0 Å². The summed E-state index contributed by atoms with van der Waals surface area (Å²) in [5.41, 5.74) is 1.46. The molecule has 0 unspecified atom stereocenters. The minimum atomic E-state index is -0.103. The molecule has 17 heavy (non-hydrogen) atoms. The number of benzene rings is 1. The van der Waals surface area contributed by atoms with E-state index >= 15 is 0 Å². The first kappa shape index (κ1) is 11.5. The van der Waals surface area contributed by atoms with Crippen molar-refractivity contribution >= 4 is 11.6 Å². The number of hydrogen-bond donors (Lipinski definition) is 1. The van der Waals surface area contributed by atoms with E-state index in [0.29, 0.717) is 0 Å². The van der Waals surface area contributed by atoms with Gasteiger partial charge in [-0.05, 0) is 37.3 Å². The molecule has 0 spiro atoms. The third kappa shape index (κ3) is 1.99. The Morgan fingerprint density at radius 2 is 1.82 bits per heavy atom. The molecule has 2 nitrogen and oxygen atoms in total. The molecule has 0 radical (unpaired) electrons. The third-order valence-electron chi connectivity index (χ3n) is 4.17. The molecule has 1 aliphatic heterocycles. The minimum absolute atomic E-state index is 0.103. The maximum atomic E-state index is 9.59. The number of nitrogens with zero attached hydrogens (tertiary/aromatic N) is 1. The van der Waals surface area contributed by atoms with Gasteiger partial charge in [-0.15, -0.1) is 0 Å². The molecule has 0 aromatic heterocycles. The Labute approximate surface area is 107 Å². The number of hydrogen-bond acceptors (Lipinski definition) is 2. The fourth-order valence-electron chi connectivity index (χ4n) is 3.01. The van der Waals surface area contributed by atoms with Gasteiger partial charge in [0.2, 0.25) is 0 Å². The van der Waals surface area contributed by atoms with Gasteiger partial charge >= 0.3 is 0 Å². The van der Waals surface area contributed by atoms with Gasteiger partial charge in [0.05, 0.1) is 6.10 Å². The van der Waals surface area contributed by atoms with Crippen molar-refractivity contribution in [2.75, 3.05) is 13.1 Å². The molecule has 2 fully saturated rings. The van der Waals surface area contributed by atoms with Crippen molar-refractivity contribution in [1.82, 2.24) is 4.90 Å². The van der Waals surface area contributed by atoms with Crippen molar-refractivity contribution in [2.24, 2.45) is 0 Å². The summed E-state index contributed by atoms with van der Waals surface area (Å²) in [6.07, 6.45) is 4.09. The van der Waals surface area contributed by atoms with Gasteiger partial charge in [-0.3, -0.25) is 4.90 Å². The first-order valence-electron chi connectivity index (χ1n) is 6.40. The summed E-state index contributed by atoms with van der Waals surface area (Å²) >= 11 is 6.32. The average molecular weight is 252 g/mol. The number of aliphatic hydroxyl groups excluding tert-OH is 1. The summed E-state index contributed by atoms with van der Waals surface area (Å²) in [6.45, 7) is 1.98. The van der Waals surface area contributed by atoms with E-state index in [1.54, 1.807) is 0 Å². The molecule has 1 saturated carbocycles. The number of piperidine rings is 1. The predicted molar refractivity (Wildman–Crippen MR) is 69.2 cm³/mol. The van der Waals surface area contributed by atoms with Crippen molar-refractivity contribution in [1.29, 1.82) is 0 Å². The maximum absolute atomic E-state index is 9.59. The average Bonchev–Trinajstić information content (AvgIpc) is 3.12. The van der Waals surface area contributed by atoms with Gasteiger partial charge in [-0.25, -0.2) is 0 Å². The van der Waals surface area contributed by atoms with E-state index in [4.69, 9.17) is 11.6 Å². The molecule has 1 aromatic rings. The first-order chi connectivity index (χ1) is 8.22. The van der Waals surface area contributed by atoms with E-state index in [1.807, 2.05) is 12.1 Å². The van der Waals surface area contributed by atoms with Gasteiger partial charge in [0, 0.05) is 23.7 Å². The van der Waals surface area contributed by atoms with Gasteiger partial charge in [0.15, 0.2) is 0 Å². The topological polar surface area (TPSA) is 23.5 Å². The lowest BCUT2D eigenvalue weighted by Crippen LogP contribution is -2.43. The van der Waals surface area contributed by atoms with E-state index in [2.05, 4.69) is 17.0 Å². The number of aliphatic hydroxyl groups is 1. The molecule has 1 N–H and O–H groups in total. The molecule has 1 aliphatic carbocycles. The van der Waals surface area contributed by atoms with Crippen molar-refractivity contribution in [3.05, 3.63) is 34.9 Å². The zero-order valence-corrected chi connectivity index (χ0v) is 10.7. The summed E-state index contributed by atoms with van der Waals surface area (Å²) in [4.78, 5) is 2.51. The highest BCUT2D eigenvalue weighted by Gasteiger charge is 2.50. The number of halogens is 1. The molecular formula is C14H18ClNO. The van der Waals surface area contributed by atoms with Crippen LogP contribution in [-0.4, -0.2) is 29.2 Å². The molecule has 1 saturated heterocycles. The zero-order valence-electron chi connectivity index (χ0n) is 9.90. The maximum Gasteiger partial charge on any atom is 0.0564 e. The highest BCUT2D eigenvalue weighted by molar-refractivity contribution is 6.31. The molecular weight excluding hydrogens is 234 g/mol. The third-order valence-corrected chi connectivity index (χ3v) is 4.50. The van der Waals surface area contributed by atoms with Crippen molar-refractivity contribution in [3.8, 4) is 0 Å². The molecule has 1 aromatic carbocycles. The minimum Gasteiger partial charge on any atom is -0.393 e. The molecule has 3 heteroatoms. The highest BCUT2D eigenvalue weighted by Crippen LogP contribution is 2.53. The van der Waals surface area contributed by atoms with Gasteiger partial charge in [0.25, 0.3) is 0 Å². The van der Waals surface area contributed by atoms with E-state index < -0.39 is 0 Å². The van der Waals surface area contributed by atoms with Crippen LogP contribution < -0.4 is 0 Å². The van der Waals surface area contributed by atoms with Crippen LogP contribution in [0.15, 0.2) is 24.3 Å². The van der Waals surface area contributed by atoms with E-state index in [1.165, 1.54) is 18.4 Å². The fourth-order valence-corrected chi connectivity index (χ4v) is 3.32. The van der Waals surface area contributed by atoms with Crippen molar-refractivity contribution in [2.45, 2.75) is 37.3 Å². The van der Waals surface area contributed by atoms with Gasteiger partial charge < -0.3 is 5.11 Å². The van der Waals surface area contributed by atoms with Crippen LogP contribution in [-0.2, 0) is 5.54 Å². The number of rotatable bonds is 2. The summed E-state index contributed by atoms with van der Waals surface area (Å²) in [7, 11) is 0. The summed E-state index contributed by atoms with van der Waals surface area (Å²) < 4.78 is 0. The molecule has 0 amide bonds. The summed E-state index contributed by atoms with van der Waals surface area (Å²) in [5.74, 6) is 0. The van der Waals surface area contributed by atoms with Crippen LogP contribution in [0.1, 0.15) is 31.2 Å². The smallest absolute Gasteiger partial charge is 0.0564 e.